The van der Waals surface area contributed by atoms with Gasteiger partial charge in [-0.1, -0.05) is 0 Å². The number of halogens is 4. The van der Waals surface area contributed by atoms with Gasteiger partial charge in [-0.2, -0.15) is 0 Å². The summed E-state index contributed by atoms with van der Waals surface area (Å²) >= 11 is 1.58. The first-order valence-corrected chi connectivity index (χ1v) is 6.70. The number of rotatable bonds is 3. The van der Waals surface area contributed by atoms with E-state index >= 15 is 0 Å². The lowest BCUT2D eigenvalue weighted by atomic mass is 10.4. The van der Waals surface area contributed by atoms with Crippen LogP contribution in [-0.4, -0.2) is 26.9 Å². The fourth-order valence-electron chi connectivity index (χ4n) is 1.06. The summed E-state index contributed by atoms with van der Waals surface area (Å²) in [6, 6.07) is 0.788. The van der Waals surface area contributed by atoms with Crippen molar-refractivity contribution in [1.29, 1.82) is 0 Å². The molecule has 1 aromatic heterocycles. The maximum absolute atomic E-state index is 12.2. The molecule has 1 rings (SSSR count). The molecule has 0 aliphatic heterocycles. The Morgan fingerprint density at radius 2 is 2.00 bits per heavy atom. The monoisotopic (exact) mass is 398 g/mol. The first kappa shape index (κ1) is 15.2. The summed E-state index contributed by atoms with van der Waals surface area (Å²) < 4.78 is 67.2. The Balaban J connectivity index is 3.53. The third-order valence-corrected chi connectivity index (χ3v) is 3.08. The molecule has 2 N–H and O–H groups in total. The lowest BCUT2D eigenvalue weighted by Crippen LogP contribution is -2.22. The highest BCUT2D eigenvalue weighted by Gasteiger charge is 2.35. The van der Waals surface area contributed by atoms with Crippen LogP contribution in [0.2, 0.25) is 0 Å². The molecule has 0 radical (unpaired) electrons. The number of primary sulfonamides is 1. The van der Waals surface area contributed by atoms with E-state index in [1.165, 1.54) is 0 Å². The number of hydrogen-bond donors (Lipinski definition) is 1. The minimum atomic E-state index is -5.06. The van der Waals surface area contributed by atoms with Crippen LogP contribution in [-0.2, 0) is 10.0 Å². The molecule has 1 heterocycles. The average Bonchev–Trinajstić information content (AvgIpc) is 2.11. The molecule has 0 atom stereocenters. The second-order valence-electron chi connectivity index (χ2n) is 2.87. The number of aromatic nitrogens is 1. The largest absolute Gasteiger partial charge is 0.573 e. The lowest BCUT2D eigenvalue weighted by Gasteiger charge is -2.14. The summed E-state index contributed by atoms with van der Waals surface area (Å²) in [4.78, 5) is 2.65. The second kappa shape index (κ2) is 5.05. The molecular weight excluding hydrogens is 392 g/mol. The first-order valence-electron chi connectivity index (χ1n) is 4.07. The number of sulfonamides is 1. The number of methoxy groups -OCH3 is 1. The van der Waals surface area contributed by atoms with Gasteiger partial charge in [-0.15, -0.1) is 13.2 Å². The molecule has 0 amide bonds. The van der Waals surface area contributed by atoms with Gasteiger partial charge in [0.1, 0.15) is 3.70 Å². The highest BCUT2D eigenvalue weighted by Crippen LogP contribution is 2.35. The third-order valence-electron chi connectivity index (χ3n) is 1.58. The Morgan fingerprint density at radius 1 is 1.44 bits per heavy atom. The molecular formula is C7H6F3IN2O4S. The molecule has 0 bridgehead atoms. The van der Waals surface area contributed by atoms with Crippen LogP contribution in [0.4, 0.5) is 13.2 Å². The smallest absolute Gasteiger partial charge is 0.480 e. The molecule has 11 heteroatoms. The highest BCUT2D eigenvalue weighted by molar-refractivity contribution is 14.1. The van der Waals surface area contributed by atoms with E-state index in [1.54, 1.807) is 22.6 Å². The zero-order chi connectivity index (χ0) is 14.1. The summed E-state index contributed by atoms with van der Waals surface area (Å²) in [6.45, 7) is 0. The Kier molecular flexibility index (Phi) is 4.27. The van der Waals surface area contributed by atoms with Gasteiger partial charge >= 0.3 is 6.36 Å². The average molecular weight is 398 g/mol. The Labute approximate surface area is 113 Å². The van der Waals surface area contributed by atoms with Gasteiger partial charge in [0.25, 0.3) is 0 Å². The van der Waals surface area contributed by atoms with E-state index in [0.717, 1.165) is 13.2 Å². The predicted molar refractivity (Wildman–Crippen MR) is 61.6 cm³/mol. The number of hydrogen-bond acceptors (Lipinski definition) is 5. The topological polar surface area (TPSA) is 91.5 Å². The number of pyridine rings is 1. The van der Waals surface area contributed by atoms with Crippen molar-refractivity contribution < 1.29 is 31.1 Å². The molecule has 0 saturated heterocycles. The zero-order valence-corrected chi connectivity index (χ0v) is 11.6. The normalized spacial score (nSPS) is 12.3. The molecule has 18 heavy (non-hydrogen) atoms. The maximum atomic E-state index is 12.2. The summed E-state index contributed by atoms with van der Waals surface area (Å²) in [6.07, 6.45) is -5.06. The zero-order valence-electron chi connectivity index (χ0n) is 8.66. The van der Waals surface area contributed by atoms with Crippen molar-refractivity contribution in [2.24, 2.45) is 5.14 Å². The minimum Gasteiger partial charge on any atom is -0.480 e. The van der Waals surface area contributed by atoms with Crippen LogP contribution in [0.3, 0.4) is 0 Å². The predicted octanol–water partition coefficient (Wildman–Crippen LogP) is 1.24. The van der Waals surface area contributed by atoms with Gasteiger partial charge in [-0.05, 0) is 22.6 Å². The Bertz CT molecular complexity index is 561. The van der Waals surface area contributed by atoms with Crippen LogP contribution in [0.1, 0.15) is 0 Å². The van der Waals surface area contributed by atoms with Crippen molar-refractivity contribution >= 4 is 32.6 Å². The molecule has 0 aliphatic rings. The SMILES string of the molecule is COc1nc(I)cc(OC(F)(F)F)c1S(N)(=O)=O. The molecule has 102 valence electrons. The van der Waals surface area contributed by atoms with Gasteiger partial charge in [0.05, 0.1) is 7.11 Å². The van der Waals surface area contributed by atoms with Gasteiger partial charge in [0.15, 0.2) is 10.6 Å². The Morgan fingerprint density at radius 3 is 2.39 bits per heavy atom. The summed E-state index contributed by atoms with van der Waals surface area (Å²) in [5.41, 5.74) is 0. The van der Waals surface area contributed by atoms with Crippen molar-refractivity contribution in [2.75, 3.05) is 7.11 Å². The van der Waals surface area contributed by atoms with E-state index in [2.05, 4.69) is 14.5 Å². The van der Waals surface area contributed by atoms with Gasteiger partial charge in [-0.25, -0.2) is 18.5 Å². The Hall–Kier alpha value is -0.820. The van der Waals surface area contributed by atoms with Crippen LogP contribution in [0.25, 0.3) is 0 Å². The molecule has 0 aliphatic carbocycles. The lowest BCUT2D eigenvalue weighted by molar-refractivity contribution is -0.275. The fourth-order valence-corrected chi connectivity index (χ4v) is 2.32. The molecule has 0 spiro atoms. The second-order valence-corrected chi connectivity index (χ2v) is 5.48. The van der Waals surface area contributed by atoms with Crippen LogP contribution in [0.5, 0.6) is 11.6 Å². The van der Waals surface area contributed by atoms with E-state index in [1.807, 2.05) is 0 Å². The molecule has 0 unspecified atom stereocenters. The standard InChI is InChI=1S/C7H6F3IN2O4S/c1-16-6-5(18(12,14)15)3(2-4(11)13-6)17-7(8,9)10/h2H,1H3,(H2,12,14,15). The van der Waals surface area contributed by atoms with E-state index < -0.39 is 32.9 Å². The van der Waals surface area contributed by atoms with Gasteiger partial charge in [-0.3, -0.25) is 0 Å². The van der Waals surface area contributed by atoms with Gasteiger partial charge < -0.3 is 9.47 Å². The quantitative estimate of drug-likeness (QED) is 0.611. The summed E-state index contributed by atoms with van der Waals surface area (Å²) in [5, 5.41) is 4.81. The van der Waals surface area contributed by atoms with E-state index in [9.17, 15) is 21.6 Å². The number of nitrogens with two attached hydrogens (primary N) is 1. The van der Waals surface area contributed by atoms with Gasteiger partial charge in [0, 0.05) is 6.07 Å². The van der Waals surface area contributed by atoms with Crippen LogP contribution in [0, 0.1) is 3.70 Å². The van der Waals surface area contributed by atoms with Crippen molar-refractivity contribution in [3.05, 3.63) is 9.77 Å². The highest BCUT2D eigenvalue weighted by atomic mass is 127. The fraction of sp³-hybridized carbons (Fsp3) is 0.286. The molecule has 0 fully saturated rings. The molecule has 6 nitrogen and oxygen atoms in total. The maximum Gasteiger partial charge on any atom is 0.573 e. The third kappa shape index (κ3) is 3.84. The van der Waals surface area contributed by atoms with Crippen LogP contribution in [0.15, 0.2) is 11.0 Å². The van der Waals surface area contributed by atoms with Crippen molar-refractivity contribution in [3.8, 4) is 11.6 Å². The molecule has 1 aromatic rings. The van der Waals surface area contributed by atoms with Crippen molar-refractivity contribution in [3.63, 3.8) is 0 Å². The van der Waals surface area contributed by atoms with Crippen LogP contribution < -0.4 is 14.6 Å². The minimum absolute atomic E-state index is 0.0519. The first-order chi connectivity index (χ1) is 8.04. The number of alkyl halides is 3. The number of nitrogens with zero attached hydrogens (tertiary/aromatic N) is 1. The van der Waals surface area contributed by atoms with E-state index in [4.69, 9.17) is 5.14 Å². The molecule has 0 saturated carbocycles. The van der Waals surface area contributed by atoms with Crippen molar-refractivity contribution in [2.45, 2.75) is 11.3 Å². The molecule has 0 aromatic carbocycles. The summed E-state index contributed by atoms with van der Waals surface area (Å²) in [5.74, 6) is -1.55. The summed E-state index contributed by atoms with van der Waals surface area (Å²) in [7, 11) is -3.44. The van der Waals surface area contributed by atoms with Crippen LogP contribution >= 0.6 is 22.6 Å². The van der Waals surface area contributed by atoms with E-state index in [0.29, 0.717) is 0 Å². The van der Waals surface area contributed by atoms with E-state index in [-0.39, 0.29) is 3.70 Å². The van der Waals surface area contributed by atoms with Crippen molar-refractivity contribution in [1.82, 2.24) is 4.98 Å². The van der Waals surface area contributed by atoms with Gasteiger partial charge in [0.2, 0.25) is 15.9 Å². The number of ether oxygens (including phenoxy) is 2.